The van der Waals surface area contributed by atoms with Gasteiger partial charge in [-0.15, -0.1) is 11.8 Å². The monoisotopic (exact) mass is 540 g/mol. The summed E-state index contributed by atoms with van der Waals surface area (Å²) in [7, 11) is 0. The number of thioether (sulfide) groups is 1. The van der Waals surface area contributed by atoms with E-state index in [1.807, 2.05) is 49.4 Å². The first kappa shape index (κ1) is 27.4. The summed E-state index contributed by atoms with van der Waals surface area (Å²) in [5, 5.41) is 11.7. The highest BCUT2D eigenvalue weighted by molar-refractivity contribution is 8.00. The lowest BCUT2D eigenvalue weighted by Gasteiger charge is -2.13. The number of nitrogens with one attached hydrogen (secondary N) is 3. The minimum Gasteiger partial charge on any atom is -0.360 e. The number of anilines is 2. The number of hydrogen-bond donors (Lipinski definition) is 3. The standard InChI is InChI=1S/C30H28N4O4S/c1-19-9-11-22(12-10-19)18-26(32-29(36)23-7-5-4-6-8-23)30(37)31-24-13-15-25(16-14-24)39-21(3)28(35)33-27-17-20(2)38-34-27/h4-18,21H,1-3H3,(H,31,37)(H,32,36)(H,33,34,35)/b26-18-/t21-/m0/s1. The van der Waals surface area contributed by atoms with Crippen LogP contribution in [0.25, 0.3) is 6.08 Å². The molecule has 1 heterocycles. The molecule has 0 aliphatic rings. The Morgan fingerprint density at radius 1 is 0.897 bits per heavy atom. The molecular weight excluding hydrogens is 512 g/mol. The molecule has 0 spiro atoms. The van der Waals surface area contributed by atoms with E-state index in [0.717, 1.165) is 16.0 Å². The average Bonchev–Trinajstić information content (AvgIpc) is 3.35. The SMILES string of the molecule is Cc1ccc(/C=C(\NC(=O)c2ccccc2)C(=O)Nc2ccc(S[C@@H](C)C(=O)Nc3cc(C)on3)cc2)cc1. The fourth-order valence-corrected chi connectivity index (χ4v) is 4.37. The third-order valence-corrected chi connectivity index (χ3v) is 6.70. The van der Waals surface area contributed by atoms with Crippen LogP contribution in [0.2, 0.25) is 0 Å². The fraction of sp³-hybridized carbons (Fsp3) is 0.133. The highest BCUT2D eigenvalue weighted by Crippen LogP contribution is 2.26. The predicted molar refractivity (Wildman–Crippen MR) is 153 cm³/mol. The van der Waals surface area contributed by atoms with E-state index >= 15 is 0 Å². The van der Waals surface area contributed by atoms with Crippen molar-refractivity contribution in [1.29, 1.82) is 0 Å². The molecule has 0 unspecified atom stereocenters. The van der Waals surface area contributed by atoms with Crippen molar-refractivity contribution in [2.75, 3.05) is 10.6 Å². The van der Waals surface area contributed by atoms with Gasteiger partial charge in [-0.05, 0) is 68.8 Å². The molecule has 198 valence electrons. The Kier molecular flexibility index (Phi) is 8.96. The number of aromatic nitrogens is 1. The molecule has 4 aromatic rings. The van der Waals surface area contributed by atoms with Crippen molar-refractivity contribution in [3.63, 3.8) is 0 Å². The maximum atomic E-state index is 13.2. The highest BCUT2D eigenvalue weighted by atomic mass is 32.2. The molecule has 3 amide bonds. The van der Waals surface area contributed by atoms with Crippen molar-refractivity contribution in [1.82, 2.24) is 10.5 Å². The molecule has 39 heavy (non-hydrogen) atoms. The quantitative estimate of drug-likeness (QED) is 0.182. The van der Waals surface area contributed by atoms with Gasteiger partial charge in [-0.25, -0.2) is 0 Å². The zero-order valence-corrected chi connectivity index (χ0v) is 22.5. The molecule has 0 aliphatic heterocycles. The molecule has 1 aromatic heterocycles. The largest absolute Gasteiger partial charge is 0.360 e. The van der Waals surface area contributed by atoms with Crippen molar-refractivity contribution >= 4 is 47.1 Å². The molecule has 0 aliphatic carbocycles. The van der Waals surface area contributed by atoms with Gasteiger partial charge in [-0.1, -0.05) is 53.2 Å². The lowest BCUT2D eigenvalue weighted by atomic mass is 10.1. The Hall–Kier alpha value is -4.63. The van der Waals surface area contributed by atoms with Crippen LogP contribution in [0.4, 0.5) is 11.5 Å². The van der Waals surface area contributed by atoms with Gasteiger partial charge in [0.1, 0.15) is 11.5 Å². The van der Waals surface area contributed by atoms with Crippen LogP contribution in [-0.4, -0.2) is 28.1 Å². The summed E-state index contributed by atoms with van der Waals surface area (Å²) in [4.78, 5) is 39.3. The molecule has 8 nitrogen and oxygen atoms in total. The smallest absolute Gasteiger partial charge is 0.272 e. The van der Waals surface area contributed by atoms with Crippen LogP contribution in [0.1, 0.15) is 34.2 Å². The second-order valence-corrected chi connectivity index (χ2v) is 10.3. The van der Waals surface area contributed by atoms with Crippen LogP contribution < -0.4 is 16.0 Å². The fourth-order valence-electron chi connectivity index (χ4n) is 3.50. The Morgan fingerprint density at radius 3 is 2.23 bits per heavy atom. The first-order valence-electron chi connectivity index (χ1n) is 12.2. The minimum absolute atomic E-state index is 0.111. The van der Waals surface area contributed by atoms with E-state index in [4.69, 9.17) is 4.52 Å². The summed E-state index contributed by atoms with van der Waals surface area (Å²) in [6.07, 6.45) is 1.64. The van der Waals surface area contributed by atoms with Crippen LogP contribution in [0, 0.1) is 13.8 Å². The zero-order valence-electron chi connectivity index (χ0n) is 21.7. The minimum atomic E-state index is -0.462. The number of rotatable bonds is 9. The Bertz CT molecular complexity index is 1480. The number of aryl methyl sites for hydroxylation is 2. The topological polar surface area (TPSA) is 113 Å². The highest BCUT2D eigenvalue weighted by Gasteiger charge is 2.17. The average molecular weight is 541 g/mol. The molecular formula is C30H28N4O4S. The second-order valence-electron chi connectivity index (χ2n) is 8.84. The van der Waals surface area contributed by atoms with E-state index in [1.165, 1.54) is 11.8 Å². The summed E-state index contributed by atoms with van der Waals surface area (Å²) in [5.41, 5.74) is 2.96. The Labute approximate surface area is 230 Å². The number of carbonyl (C=O) groups is 3. The van der Waals surface area contributed by atoms with Gasteiger partial charge in [0.25, 0.3) is 11.8 Å². The van der Waals surface area contributed by atoms with E-state index in [-0.39, 0.29) is 22.8 Å². The molecule has 1 atom stereocenters. The van der Waals surface area contributed by atoms with Crippen LogP contribution in [0.15, 0.2) is 100 Å². The van der Waals surface area contributed by atoms with E-state index in [9.17, 15) is 14.4 Å². The predicted octanol–water partition coefficient (Wildman–Crippen LogP) is 5.82. The molecule has 0 saturated carbocycles. The van der Waals surface area contributed by atoms with Crippen LogP contribution in [0.5, 0.6) is 0 Å². The first-order valence-corrected chi connectivity index (χ1v) is 13.1. The molecule has 4 rings (SSSR count). The van der Waals surface area contributed by atoms with E-state index < -0.39 is 5.91 Å². The molecule has 0 radical (unpaired) electrons. The van der Waals surface area contributed by atoms with E-state index in [0.29, 0.717) is 22.8 Å². The third kappa shape index (κ3) is 7.93. The van der Waals surface area contributed by atoms with Gasteiger partial charge in [0.05, 0.1) is 5.25 Å². The Morgan fingerprint density at radius 2 is 1.59 bits per heavy atom. The first-order chi connectivity index (χ1) is 18.8. The Balaban J connectivity index is 1.43. The zero-order chi connectivity index (χ0) is 27.8. The maximum Gasteiger partial charge on any atom is 0.272 e. The summed E-state index contributed by atoms with van der Waals surface area (Å²) in [5.74, 6) is -0.0675. The van der Waals surface area contributed by atoms with Gasteiger partial charge in [0.15, 0.2) is 5.82 Å². The van der Waals surface area contributed by atoms with Gasteiger partial charge in [0, 0.05) is 22.2 Å². The number of carbonyl (C=O) groups excluding carboxylic acids is 3. The van der Waals surface area contributed by atoms with Crippen molar-refractivity contribution in [2.24, 2.45) is 0 Å². The van der Waals surface area contributed by atoms with E-state index in [2.05, 4.69) is 21.1 Å². The van der Waals surface area contributed by atoms with Crippen molar-refractivity contribution in [2.45, 2.75) is 30.9 Å². The second kappa shape index (κ2) is 12.7. The van der Waals surface area contributed by atoms with Crippen LogP contribution in [-0.2, 0) is 9.59 Å². The summed E-state index contributed by atoms with van der Waals surface area (Å²) in [6, 6.07) is 25.1. The van der Waals surface area contributed by atoms with Crippen LogP contribution in [0.3, 0.4) is 0 Å². The van der Waals surface area contributed by atoms with Gasteiger partial charge in [0.2, 0.25) is 5.91 Å². The van der Waals surface area contributed by atoms with Crippen molar-refractivity contribution in [3.8, 4) is 0 Å². The van der Waals surface area contributed by atoms with Gasteiger partial charge in [-0.2, -0.15) is 0 Å². The van der Waals surface area contributed by atoms with E-state index in [1.54, 1.807) is 62.4 Å². The molecule has 3 N–H and O–H groups in total. The molecule has 3 aromatic carbocycles. The number of benzene rings is 3. The lowest BCUT2D eigenvalue weighted by Crippen LogP contribution is -2.30. The van der Waals surface area contributed by atoms with Gasteiger partial charge in [-0.3, -0.25) is 14.4 Å². The normalized spacial score (nSPS) is 11.9. The summed E-state index contributed by atoms with van der Waals surface area (Å²) >= 11 is 1.37. The maximum absolute atomic E-state index is 13.2. The summed E-state index contributed by atoms with van der Waals surface area (Å²) in [6.45, 7) is 5.52. The van der Waals surface area contributed by atoms with Crippen LogP contribution >= 0.6 is 11.8 Å². The molecule has 9 heteroatoms. The van der Waals surface area contributed by atoms with Crippen molar-refractivity contribution < 1.29 is 18.9 Å². The summed E-state index contributed by atoms with van der Waals surface area (Å²) < 4.78 is 4.97. The van der Waals surface area contributed by atoms with Gasteiger partial charge >= 0.3 is 0 Å². The number of nitrogens with zero attached hydrogens (tertiary/aromatic N) is 1. The van der Waals surface area contributed by atoms with Crippen molar-refractivity contribution in [3.05, 3.63) is 113 Å². The number of amides is 3. The van der Waals surface area contributed by atoms with Gasteiger partial charge < -0.3 is 20.5 Å². The molecule has 0 fully saturated rings. The number of hydrogen-bond acceptors (Lipinski definition) is 6. The molecule has 0 saturated heterocycles. The lowest BCUT2D eigenvalue weighted by molar-refractivity contribution is -0.115. The third-order valence-electron chi connectivity index (χ3n) is 5.59. The molecule has 0 bridgehead atoms.